The van der Waals surface area contributed by atoms with Gasteiger partial charge >= 0.3 is 0 Å². The lowest BCUT2D eigenvalue weighted by molar-refractivity contribution is 0.168. The second-order valence-corrected chi connectivity index (χ2v) is 9.77. The Balaban J connectivity index is 1.25. The Morgan fingerprint density at radius 1 is 1.03 bits per heavy atom. The Bertz CT molecular complexity index is 924. The summed E-state index contributed by atoms with van der Waals surface area (Å²) in [6.45, 7) is 3.07. The minimum Gasteiger partial charge on any atom is -0.349 e. The second-order valence-electron chi connectivity index (χ2n) is 8.92. The molecule has 1 unspecified atom stereocenters. The van der Waals surface area contributed by atoms with Gasteiger partial charge in [0.1, 0.15) is 0 Å². The molecule has 0 amide bonds. The van der Waals surface area contributed by atoms with Crippen molar-refractivity contribution in [1.29, 1.82) is 0 Å². The number of benzene rings is 1. The summed E-state index contributed by atoms with van der Waals surface area (Å²) >= 11 is 12.5. The van der Waals surface area contributed by atoms with Crippen molar-refractivity contribution in [3.05, 3.63) is 68.9 Å². The molecule has 0 spiro atoms. The summed E-state index contributed by atoms with van der Waals surface area (Å²) in [5.74, 6) is 0. The van der Waals surface area contributed by atoms with E-state index < -0.39 is 0 Å². The molecular formula is C25H29Cl2N3. The molecule has 1 atom stereocenters. The zero-order valence-corrected chi connectivity index (χ0v) is 18.9. The average molecular weight is 442 g/mol. The maximum atomic E-state index is 6.42. The maximum Gasteiger partial charge on any atom is 0.0918 e. The molecule has 3 nitrogen and oxygen atoms in total. The van der Waals surface area contributed by atoms with Crippen molar-refractivity contribution >= 4 is 29.5 Å². The summed E-state index contributed by atoms with van der Waals surface area (Å²) in [5.41, 5.74) is 5.26. The zero-order chi connectivity index (χ0) is 20.5. The van der Waals surface area contributed by atoms with E-state index in [4.69, 9.17) is 23.2 Å². The molecule has 2 aliphatic heterocycles. The molecule has 0 bridgehead atoms. The molecule has 2 heterocycles. The van der Waals surface area contributed by atoms with Gasteiger partial charge < -0.3 is 4.90 Å². The van der Waals surface area contributed by atoms with Crippen molar-refractivity contribution < 1.29 is 0 Å². The molecular weight excluding hydrogens is 413 g/mol. The minimum atomic E-state index is 0.300. The lowest BCUT2D eigenvalue weighted by Gasteiger charge is -2.37. The molecule has 0 N–H and O–H groups in total. The van der Waals surface area contributed by atoms with E-state index >= 15 is 0 Å². The highest BCUT2D eigenvalue weighted by atomic mass is 35.5. The smallest absolute Gasteiger partial charge is 0.0918 e. The normalized spacial score (nSPS) is 25.1. The average Bonchev–Trinajstić information content (AvgIpc) is 3.18. The summed E-state index contributed by atoms with van der Waals surface area (Å²) in [7, 11) is 0. The zero-order valence-electron chi connectivity index (χ0n) is 17.4. The summed E-state index contributed by atoms with van der Waals surface area (Å²) in [4.78, 5) is 9.68. The second kappa shape index (κ2) is 8.90. The van der Waals surface area contributed by atoms with Crippen LogP contribution in [0.4, 0.5) is 0 Å². The molecule has 1 aromatic rings. The van der Waals surface area contributed by atoms with Gasteiger partial charge in [0, 0.05) is 35.7 Å². The van der Waals surface area contributed by atoms with E-state index in [2.05, 4.69) is 33.0 Å². The van der Waals surface area contributed by atoms with Crippen molar-refractivity contribution in [1.82, 2.24) is 9.80 Å². The SMILES string of the molecule is Clc1ccc(CN2C=NC3=CC=C(C4=CCN(C5CCCCC5)CC4)CC32)c(Cl)c1. The van der Waals surface area contributed by atoms with Gasteiger partial charge in [-0.2, -0.15) is 0 Å². The van der Waals surface area contributed by atoms with E-state index in [0.29, 0.717) is 11.1 Å². The molecule has 0 radical (unpaired) electrons. The van der Waals surface area contributed by atoms with Gasteiger partial charge in [0.25, 0.3) is 0 Å². The molecule has 4 aliphatic rings. The van der Waals surface area contributed by atoms with Crippen LogP contribution < -0.4 is 0 Å². The molecule has 5 heteroatoms. The van der Waals surface area contributed by atoms with E-state index in [9.17, 15) is 0 Å². The number of aliphatic imine (C=N–C) groups is 1. The molecule has 0 saturated heterocycles. The van der Waals surface area contributed by atoms with Gasteiger partial charge in [0.15, 0.2) is 0 Å². The first-order valence-corrected chi connectivity index (χ1v) is 12.0. The molecule has 5 rings (SSSR count). The van der Waals surface area contributed by atoms with Crippen LogP contribution in [0.5, 0.6) is 0 Å². The van der Waals surface area contributed by atoms with Crippen molar-refractivity contribution in [2.75, 3.05) is 13.1 Å². The van der Waals surface area contributed by atoms with Gasteiger partial charge in [-0.1, -0.05) is 60.7 Å². The first-order valence-electron chi connectivity index (χ1n) is 11.3. The van der Waals surface area contributed by atoms with Crippen LogP contribution in [0.3, 0.4) is 0 Å². The van der Waals surface area contributed by atoms with Gasteiger partial charge in [0.2, 0.25) is 0 Å². The minimum absolute atomic E-state index is 0.300. The Morgan fingerprint density at radius 2 is 1.90 bits per heavy atom. The van der Waals surface area contributed by atoms with Crippen molar-refractivity contribution in [3.8, 4) is 0 Å². The highest BCUT2D eigenvalue weighted by Gasteiger charge is 2.31. The van der Waals surface area contributed by atoms with E-state index in [1.807, 2.05) is 24.5 Å². The third kappa shape index (κ3) is 4.26. The molecule has 1 fully saturated rings. The Hall–Kier alpha value is -1.55. The molecule has 1 aromatic carbocycles. The van der Waals surface area contributed by atoms with Crippen LogP contribution in [-0.2, 0) is 6.54 Å². The van der Waals surface area contributed by atoms with E-state index in [1.165, 1.54) is 56.2 Å². The molecule has 158 valence electrons. The highest BCUT2D eigenvalue weighted by molar-refractivity contribution is 6.35. The molecule has 30 heavy (non-hydrogen) atoms. The first-order chi connectivity index (χ1) is 14.7. The summed E-state index contributed by atoms with van der Waals surface area (Å²) in [6.07, 6.45) is 18.2. The number of hydrogen-bond donors (Lipinski definition) is 0. The number of nitrogens with zero attached hydrogens (tertiary/aromatic N) is 3. The van der Waals surface area contributed by atoms with Crippen LogP contribution >= 0.6 is 23.2 Å². The van der Waals surface area contributed by atoms with Crippen LogP contribution in [0, 0.1) is 0 Å². The maximum absolute atomic E-state index is 6.42. The third-order valence-electron chi connectivity index (χ3n) is 7.08. The number of fused-ring (bicyclic) bond motifs is 1. The lowest BCUT2D eigenvalue weighted by Crippen LogP contribution is -2.40. The van der Waals surface area contributed by atoms with Crippen molar-refractivity contribution in [2.24, 2.45) is 4.99 Å². The van der Waals surface area contributed by atoms with E-state index in [1.54, 1.807) is 0 Å². The monoisotopic (exact) mass is 441 g/mol. The van der Waals surface area contributed by atoms with Gasteiger partial charge in [-0.05, 0) is 60.6 Å². The van der Waals surface area contributed by atoms with Gasteiger partial charge in [-0.15, -0.1) is 0 Å². The van der Waals surface area contributed by atoms with Gasteiger partial charge in [0.05, 0.1) is 18.1 Å². The van der Waals surface area contributed by atoms with E-state index in [0.717, 1.165) is 41.8 Å². The van der Waals surface area contributed by atoms with Gasteiger partial charge in [-0.3, -0.25) is 4.90 Å². The Labute approximate surface area is 189 Å². The first kappa shape index (κ1) is 20.4. The number of allylic oxidation sites excluding steroid dienone is 2. The topological polar surface area (TPSA) is 18.8 Å². The molecule has 0 aromatic heterocycles. The highest BCUT2D eigenvalue weighted by Crippen LogP contribution is 2.35. The predicted octanol–water partition coefficient (Wildman–Crippen LogP) is 6.38. The largest absolute Gasteiger partial charge is 0.349 e. The van der Waals surface area contributed by atoms with Gasteiger partial charge in [-0.25, -0.2) is 4.99 Å². The summed E-state index contributed by atoms with van der Waals surface area (Å²) < 4.78 is 0. The summed E-state index contributed by atoms with van der Waals surface area (Å²) in [5, 5.41) is 1.39. The fourth-order valence-corrected chi connectivity index (χ4v) is 5.77. The predicted molar refractivity (Wildman–Crippen MR) is 126 cm³/mol. The molecule has 2 aliphatic carbocycles. The van der Waals surface area contributed by atoms with Crippen LogP contribution in [0.25, 0.3) is 0 Å². The fraction of sp³-hybridized carbons (Fsp3) is 0.480. The number of hydrogen-bond acceptors (Lipinski definition) is 3. The van der Waals surface area contributed by atoms with Crippen molar-refractivity contribution in [3.63, 3.8) is 0 Å². The fourth-order valence-electron chi connectivity index (χ4n) is 5.31. The standard InChI is InChI=1S/C25H29Cl2N3/c26-21-8-6-20(23(27)15-21)16-30-17-28-24-9-7-19(14-25(24)30)18-10-12-29(13-11-18)22-4-2-1-3-5-22/h6-10,15,17,22,25H,1-5,11-14,16H2. The third-order valence-corrected chi connectivity index (χ3v) is 7.66. The lowest BCUT2D eigenvalue weighted by atomic mass is 9.87. The number of halogens is 2. The van der Waals surface area contributed by atoms with Crippen LogP contribution in [0.1, 0.15) is 50.5 Å². The Kier molecular flexibility index (Phi) is 6.04. The van der Waals surface area contributed by atoms with Crippen LogP contribution in [0.15, 0.2) is 58.3 Å². The summed E-state index contributed by atoms with van der Waals surface area (Å²) in [6, 6.07) is 6.85. The Morgan fingerprint density at radius 3 is 2.67 bits per heavy atom. The van der Waals surface area contributed by atoms with Crippen LogP contribution in [-0.4, -0.2) is 41.3 Å². The quantitative estimate of drug-likeness (QED) is 0.539. The van der Waals surface area contributed by atoms with Crippen LogP contribution in [0.2, 0.25) is 10.0 Å². The van der Waals surface area contributed by atoms with E-state index in [-0.39, 0.29) is 0 Å². The van der Waals surface area contributed by atoms with Crippen molar-refractivity contribution in [2.45, 2.75) is 63.6 Å². The number of rotatable bonds is 4. The molecule has 1 saturated carbocycles.